The summed E-state index contributed by atoms with van der Waals surface area (Å²) in [6.45, 7) is 6.66. The van der Waals surface area contributed by atoms with E-state index in [0.29, 0.717) is 0 Å². The number of esters is 1. The summed E-state index contributed by atoms with van der Waals surface area (Å²) >= 11 is 0. The van der Waals surface area contributed by atoms with Crippen LogP contribution in [0.4, 0.5) is 13.6 Å². The number of carbonyl (C=O) groups is 3. The van der Waals surface area contributed by atoms with Gasteiger partial charge in [-0.25, -0.2) is 18.4 Å². The summed E-state index contributed by atoms with van der Waals surface area (Å²) in [6.07, 6.45) is -1.95. The van der Waals surface area contributed by atoms with Crippen molar-refractivity contribution >= 4 is 18.0 Å². The molecule has 3 atom stereocenters. The van der Waals surface area contributed by atoms with Crippen molar-refractivity contribution in [2.24, 2.45) is 17.8 Å². The molecule has 1 aromatic rings. The van der Waals surface area contributed by atoms with Gasteiger partial charge in [0.2, 0.25) is 0 Å². The van der Waals surface area contributed by atoms with Gasteiger partial charge >= 0.3 is 18.0 Å². The number of hydrogen-bond acceptors (Lipinski definition) is 5. The Morgan fingerprint density at radius 2 is 1.83 bits per heavy atom. The lowest BCUT2D eigenvalue weighted by Crippen LogP contribution is -2.43. The van der Waals surface area contributed by atoms with Gasteiger partial charge < -0.3 is 14.6 Å². The third kappa shape index (κ3) is 5.67. The van der Waals surface area contributed by atoms with Crippen LogP contribution in [0.3, 0.4) is 0 Å². The second-order valence-corrected chi connectivity index (χ2v) is 8.11. The first kappa shape index (κ1) is 23.6. The minimum Gasteiger partial charge on any atom is -0.480 e. The normalized spacial score (nSPS) is 19.8. The van der Waals surface area contributed by atoms with Crippen LogP contribution >= 0.6 is 0 Å². The first-order chi connectivity index (χ1) is 14.0. The largest absolute Gasteiger partial charge is 0.480 e. The third-order valence-electron chi connectivity index (χ3n) is 4.91. The van der Waals surface area contributed by atoms with Gasteiger partial charge in [0.25, 0.3) is 6.29 Å². The molecule has 1 aliphatic heterocycles. The number of aliphatic carboxylic acids is 1. The topological polar surface area (TPSA) is 93.1 Å². The van der Waals surface area contributed by atoms with Crippen LogP contribution in [-0.4, -0.2) is 46.9 Å². The van der Waals surface area contributed by atoms with Gasteiger partial charge in [-0.3, -0.25) is 9.69 Å². The van der Waals surface area contributed by atoms with E-state index in [-0.39, 0.29) is 30.9 Å². The molecule has 2 rings (SSSR count). The van der Waals surface area contributed by atoms with Gasteiger partial charge in [-0.2, -0.15) is 0 Å². The molecular weight excluding hydrogens is 400 g/mol. The Balaban J connectivity index is 2.11. The van der Waals surface area contributed by atoms with E-state index >= 15 is 0 Å². The van der Waals surface area contributed by atoms with Crippen molar-refractivity contribution < 1.29 is 37.7 Å². The molecule has 30 heavy (non-hydrogen) atoms. The molecule has 1 heterocycles. The van der Waals surface area contributed by atoms with Gasteiger partial charge in [-0.05, 0) is 30.4 Å². The fourth-order valence-electron chi connectivity index (χ4n) is 3.24. The molecule has 9 heteroatoms. The SMILES string of the molecule is CC(C)C(=O)O[C@@H](OC(=O)N1C[C@@H](Cc2cccc(F)c2F)C[C@H]1C(=O)O)C(C)C. The summed E-state index contributed by atoms with van der Waals surface area (Å²) < 4.78 is 37.9. The van der Waals surface area contributed by atoms with Gasteiger partial charge in [-0.1, -0.05) is 39.8 Å². The highest BCUT2D eigenvalue weighted by molar-refractivity contribution is 5.81. The third-order valence-corrected chi connectivity index (χ3v) is 4.91. The molecule has 0 aliphatic carbocycles. The smallest absolute Gasteiger partial charge is 0.413 e. The van der Waals surface area contributed by atoms with Crippen molar-refractivity contribution in [3.05, 3.63) is 35.4 Å². The summed E-state index contributed by atoms with van der Waals surface area (Å²) in [5.74, 6) is -4.90. The second kappa shape index (κ2) is 9.86. The summed E-state index contributed by atoms with van der Waals surface area (Å²) in [4.78, 5) is 37.2. The van der Waals surface area contributed by atoms with E-state index < -0.39 is 53.8 Å². The highest BCUT2D eigenvalue weighted by Crippen LogP contribution is 2.29. The molecule has 166 valence electrons. The van der Waals surface area contributed by atoms with Crippen LogP contribution < -0.4 is 0 Å². The maximum absolute atomic E-state index is 14.0. The summed E-state index contributed by atoms with van der Waals surface area (Å²) in [7, 11) is 0. The van der Waals surface area contributed by atoms with E-state index in [1.54, 1.807) is 27.7 Å². The predicted molar refractivity (Wildman–Crippen MR) is 102 cm³/mol. The monoisotopic (exact) mass is 427 g/mol. The quantitative estimate of drug-likeness (QED) is 0.528. The average Bonchev–Trinajstić information content (AvgIpc) is 3.09. The van der Waals surface area contributed by atoms with Crippen molar-refractivity contribution in [3.8, 4) is 0 Å². The fraction of sp³-hybridized carbons (Fsp3) is 0.571. The van der Waals surface area contributed by atoms with Crippen LogP contribution in [0, 0.1) is 29.4 Å². The van der Waals surface area contributed by atoms with Crippen molar-refractivity contribution in [3.63, 3.8) is 0 Å². The second-order valence-electron chi connectivity index (χ2n) is 8.11. The summed E-state index contributed by atoms with van der Waals surface area (Å²) in [6, 6.07) is 2.63. The minimum absolute atomic E-state index is 0.00526. The first-order valence-electron chi connectivity index (χ1n) is 9.84. The Bertz CT molecular complexity index is 798. The highest BCUT2D eigenvalue weighted by atomic mass is 19.2. The molecule has 0 spiro atoms. The van der Waals surface area contributed by atoms with E-state index in [1.165, 1.54) is 12.1 Å². The molecule has 7 nitrogen and oxygen atoms in total. The van der Waals surface area contributed by atoms with Crippen molar-refractivity contribution in [1.82, 2.24) is 4.90 Å². The molecule has 0 bridgehead atoms. The zero-order valence-corrected chi connectivity index (χ0v) is 17.4. The molecule has 0 unspecified atom stereocenters. The van der Waals surface area contributed by atoms with E-state index in [4.69, 9.17) is 9.47 Å². The summed E-state index contributed by atoms with van der Waals surface area (Å²) in [5, 5.41) is 9.51. The zero-order chi connectivity index (χ0) is 22.6. The van der Waals surface area contributed by atoms with Gasteiger partial charge in [0.05, 0.1) is 5.92 Å². The van der Waals surface area contributed by atoms with Gasteiger partial charge in [0.1, 0.15) is 6.04 Å². The molecule has 0 saturated carbocycles. The molecule has 0 aromatic heterocycles. The first-order valence-corrected chi connectivity index (χ1v) is 9.84. The van der Waals surface area contributed by atoms with Gasteiger partial charge in [-0.15, -0.1) is 0 Å². The Kier molecular flexibility index (Phi) is 7.75. The molecule has 1 N–H and O–H groups in total. The molecule has 1 aromatic carbocycles. The van der Waals surface area contributed by atoms with Crippen LogP contribution in [0.25, 0.3) is 0 Å². The van der Waals surface area contributed by atoms with E-state index in [0.717, 1.165) is 11.0 Å². The van der Waals surface area contributed by atoms with Crippen LogP contribution in [0.5, 0.6) is 0 Å². The van der Waals surface area contributed by atoms with Crippen molar-refractivity contribution in [1.29, 1.82) is 0 Å². The molecular formula is C21H27F2NO6. The number of benzene rings is 1. The van der Waals surface area contributed by atoms with Gasteiger partial charge in [0.15, 0.2) is 11.6 Å². The number of nitrogens with zero attached hydrogens (tertiary/aromatic N) is 1. The average molecular weight is 427 g/mol. The van der Waals surface area contributed by atoms with Crippen LogP contribution in [0.2, 0.25) is 0 Å². The lowest BCUT2D eigenvalue weighted by molar-refractivity contribution is -0.181. The van der Waals surface area contributed by atoms with Crippen LogP contribution in [-0.2, 0) is 25.5 Å². The number of halogens is 2. The molecule has 1 saturated heterocycles. The van der Waals surface area contributed by atoms with Crippen LogP contribution in [0.15, 0.2) is 18.2 Å². The predicted octanol–water partition coefficient (Wildman–Crippen LogP) is 3.60. The maximum atomic E-state index is 14.0. The number of amides is 1. The number of carboxylic acids is 1. The van der Waals surface area contributed by atoms with Crippen molar-refractivity contribution in [2.75, 3.05) is 6.54 Å². The number of carbonyl (C=O) groups excluding carboxylic acids is 2. The lowest BCUT2D eigenvalue weighted by atomic mass is 9.96. The van der Waals surface area contributed by atoms with E-state index in [9.17, 15) is 28.3 Å². The zero-order valence-electron chi connectivity index (χ0n) is 17.4. The van der Waals surface area contributed by atoms with E-state index in [1.807, 2.05) is 0 Å². The standard InChI is InChI=1S/C21H27F2NO6/c1-11(2)19(27)29-20(12(3)4)30-21(28)24-10-13(9-16(24)18(25)26)8-14-6-5-7-15(22)17(14)23/h5-7,11-13,16,20H,8-10H2,1-4H3,(H,25,26)/t13-,16-,20-/m0/s1. The molecule has 1 amide bonds. The van der Waals surface area contributed by atoms with Crippen LogP contribution in [0.1, 0.15) is 39.7 Å². The fourth-order valence-corrected chi connectivity index (χ4v) is 3.24. The van der Waals surface area contributed by atoms with Gasteiger partial charge in [0, 0.05) is 12.5 Å². The van der Waals surface area contributed by atoms with E-state index in [2.05, 4.69) is 0 Å². The number of rotatable bonds is 7. The number of ether oxygens (including phenoxy) is 2. The maximum Gasteiger partial charge on any atom is 0.413 e. The Labute approximate surface area is 173 Å². The Morgan fingerprint density at radius 3 is 2.40 bits per heavy atom. The van der Waals surface area contributed by atoms with Crippen molar-refractivity contribution in [2.45, 2.75) is 52.9 Å². The molecule has 0 radical (unpaired) electrons. The molecule has 1 aliphatic rings. The lowest BCUT2D eigenvalue weighted by Gasteiger charge is -2.27. The highest BCUT2D eigenvalue weighted by Gasteiger charge is 2.42. The Morgan fingerprint density at radius 1 is 1.17 bits per heavy atom. The minimum atomic E-state index is -1.23. The number of likely N-dealkylation sites (tertiary alicyclic amines) is 1. The Hall–Kier alpha value is -2.71. The molecule has 1 fully saturated rings. The number of carboxylic acid groups (broad SMARTS) is 1. The summed E-state index contributed by atoms with van der Waals surface area (Å²) in [5.41, 5.74) is 0.116. The number of hydrogen-bond donors (Lipinski definition) is 1.